The molecule has 0 saturated carbocycles. The Bertz CT molecular complexity index is 588. The second kappa shape index (κ2) is 5.10. The van der Waals surface area contributed by atoms with Gasteiger partial charge in [0.25, 0.3) is 0 Å². The molecule has 19 heavy (non-hydrogen) atoms. The summed E-state index contributed by atoms with van der Waals surface area (Å²) in [7, 11) is 2.13. The van der Waals surface area contributed by atoms with E-state index < -0.39 is 0 Å². The summed E-state index contributed by atoms with van der Waals surface area (Å²) >= 11 is 5.99. The summed E-state index contributed by atoms with van der Waals surface area (Å²) < 4.78 is 16.0. The van der Waals surface area contributed by atoms with E-state index in [0.29, 0.717) is 17.4 Å². The second-order valence-electron chi connectivity index (χ2n) is 5.17. The molecule has 3 rings (SSSR count). The molecule has 5 heteroatoms. The molecule has 3 nitrogen and oxygen atoms in total. The topological polar surface area (TPSA) is 21.1 Å². The number of hydrogen-bond donors (Lipinski definition) is 0. The minimum absolute atomic E-state index is 0.268. The van der Waals surface area contributed by atoms with E-state index in [1.165, 1.54) is 6.07 Å². The van der Waals surface area contributed by atoms with E-state index >= 15 is 0 Å². The summed E-state index contributed by atoms with van der Waals surface area (Å²) in [6.07, 6.45) is 2.12. The van der Waals surface area contributed by atoms with Crippen molar-refractivity contribution >= 4 is 22.6 Å². The molecular weight excluding hydrogens is 265 g/mol. The molecule has 0 atom stereocenters. The van der Waals surface area contributed by atoms with Gasteiger partial charge in [-0.2, -0.15) is 0 Å². The number of para-hydroxylation sites is 1. The molecular formula is C14H17ClFN3. The maximum Gasteiger partial charge on any atom is 0.151 e. The van der Waals surface area contributed by atoms with Gasteiger partial charge in [-0.25, -0.2) is 9.37 Å². The van der Waals surface area contributed by atoms with Crippen LogP contribution in [0.15, 0.2) is 18.2 Å². The van der Waals surface area contributed by atoms with E-state index in [1.54, 1.807) is 6.07 Å². The van der Waals surface area contributed by atoms with E-state index in [-0.39, 0.29) is 5.82 Å². The Hall–Kier alpha value is -1.13. The van der Waals surface area contributed by atoms with Gasteiger partial charge in [0.1, 0.15) is 11.3 Å². The average Bonchev–Trinajstić information content (AvgIpc) is 2.80. The van der Waals surface area contributed by atoms with Crippen LogP contribution in [-0.4, -0.2) is 34.6 Å². The molecule has 0 unspecified atom stereocenters. The fourth-order valence-electron chi connectivity index (χ4n) is 2.89. The van der Waals surface area contributed by atoms with Gasteiger partial charge in [0.2, 0.25) is 0 Å². The predicted octanol–water partition coefficient (Wildman–Crippen LogP) is 3.18. The Morgan fingerprint density at radius 3 is 2.79 bits per heavy atom. The lowest BCUT2D eigenvalue weighted by atomic mass is 10.0. The first-order valence-electron chi connectivity index (χ1n) is 6.60. The molecule has 2 heterocycles. The molecule has 0 aliphatic carbocycles. The van der Waals surface area contributed by atoms with Crippen LogP contribution in [0.3, 0.4) is 0 Å². The maximum atomic E-state index is 13.8. The van der Waals surface area contributed by atoms with Crippen LogP contribution in [0.1, 0.15) is 24.7 Å². The average molecular weight is 282 g/mol. The summed E-state index contributed by atoms with van der Waals surface area (Å²) in [4.78, 5) is 6.68. The molecule has 1 fully saturated rings. The SMILES string of the molecule is CN1CCC(n2c(CCl)nc3c(F)cccc32)CC1. The van der Waals surface area contributed by atoms with Gasteiger partial charge in [-0.1, -0.05) is 6.07 Å². The van der Waals surface area contributed by atoms with Crippen LogP contribution in [0.5, 0.6) is 0 Å². The van der Waals surface area contributed by atoms with E-state index in [4.69, 9.17) is 11.6 Å². The molecule has 102 valence electrons. The molecule has 1 aromatic heterocycles. The summed E-state index contributed by atoms with van der Waals surface area (Å²) in [6.45, 7) is 2.11. The zero-order valence-electron chi connectivity index (χ0n) is 10.9. The minimum atomic E-state index is -0.268. The summed E-state index contributed by atoms with van der Waals surface area (Å²) in [5.41, 5.74) is 1.31. The number of aromatic nitrogens is 2. The van der Waals surface area contributed by atoms with Crippen molar-refractivity contribution in [2.24, 2.45) is 0 Å². The Morgan fingerprint density at radius 2 is 2.11 bits per heavy atom. The molecule has 0 spiro atoms. The quantitative estimate of drug-likeness (QED) is 0.789. The fourth-order valence-corrected chi connectivity index (χ4v) is 3.07. The predicted molar refractivity (Wildman–Crippen MR) is 75.0 cm³/mol. The number of piperidine rings is 1. The number of fused-ring (bicyclic) bond motifs is 1. The van der Waals surface area contributed by atoms with Crippen LogP contribution in [0.4, 0.5) is 4.39 Å². The second-order valence-corrected chi connectivity index (χ2v) is 5.44. The zero-order chi connectivity index (χ0) is 13.4. The molecule has 1 aliphatic rings. The first-order valence-corrected chi connectivity index (χ1v) is 7.14. The molecule has 0 N–H and O–H groups in total. The number of hydrogen-bond acceptors (Lipinski definition) is 2. The van der Waals surface area contributed by atoms with Crippen LogP contribution in [0.25, 0.3) is 11.0 Å². The smallest absolute Gasteiger partial charge is 0.151 e. The zero-order valence-corrected chi connectivity index (χ0v) is 11.7. The Balaban J connectivity index is 2.08. The molecule has 0 amide bonds. The van der Waals surface area contributed by atoms with Gasteiger partial charge in [0, 0.05) is 6.04 Å². The highest BCUT2D eigenvalue weighted by Crippen LogP contribution is 2.29. The normalized spacial score (nSPS) is 18.3. The molecule has 2 aromatic rings. The van der Waals surface area contributed by atoms with E-state index in [2.05, 4.69) is 21.5 Å². The molecule has 0 bridgehead atoms. The van der Waals surface area contributed by atoms with Gasteiger partial charge in [0.05, 0.1) is 11.4 Å². The van der Waals surface area contributed by atoms with Crippen molar-refractivity contribution in [1.29, 1.82) is 0 Å². The Labute approximate surface area is 117 Å². The number of nitrogens with zero attached hydrogens (tertiary/aromatic N) is 3. The standard InChI is InChI=1S/C14H17ClFN3/c1-18-7-5-10(6-8-18)19-12-4-2-3-11(16)14(12)17-13(19)9-15/h2-4,10H,5-9H2,1H3. The highest BCUT2D eigenvalue weighted by Gasteiger charge is 2.23. The van der Waals surface area contributed by atoms with Crippen molar-refractivity contribution in [1.82, 2.24) is 14.5 Å². The summed E-state index contributed by atoms with van der Waals surface area (Å²) in [6, 6.07) is 5.49. The number of rotatable bonds is 2. The monoisotopic (exact) mass is 281 g/mol. The minimum Gasteiger partial charge on any atom is -0.324 e. The van der Waals surface area contributed by atoms with Crippen molar-refractivity contribution < 1.29 is 4.39 Å². The van der Waals surface area contributed by atoms with Crippen LogP contribution in [0.2, 0.25) is 0 Å². The van der Waals surface area contributed by atoms with E-state index in [1.807, 2.05) is 6.07 Å². The molecule has 1 aromatic carbocycles. The first kappa shape index (κ1) is 12.9. The third-order valence-electron chi connectivity index (χ3n) is 3.92. The van der Waals surface area contributed by atoms with Crippen LogP contribution < -0.4 is 0 Å². The number of halogens is 2. The van der Waals surface area contributed by atoms with Gasteiger partial charge in [-0.3, -0.25) is 0 Å². The molecule has 1 aliphatic heterocycles. The number of benzene rings is 1. The van der Waals surface area contributed by atoms with E-state index in [0.717, 1.165) is 37.3 Å². The molecule has 1 saturated heterocycles. The van der Waals surface area contributed by atoms with Crippen molar-refractivity contribution in [3.63, 3.8) is 0 Å². The van der Waals surface area contributed by atoms with Gasteiger partial charge in [-0.15, -0.1) is 11.6 Å². The Kier molecular flexibility index (Phi) is 3.46. The molecule has 0 radical (unpaired) electrons. The van der Waals surface area contributed by atoms with Crippen LogP contribution in [0, 0.1) is 5.82 Å². The van der Waals surface area contributed by atoms with Gasteiger partial charge >= 0.3 is 0 Å². The van der Waals surface area contributed by atoms with Crippen molar-refractivity contribution in [2.75, 3.05) is 20.1 Å². The van der Waals surface area contributed by atoms with Gasteiger partial charge < -0.3 is 9.47 Å². The number of alkyl halides is 1. The number of likely N-dealkylation sites (tertiary alicyclic amines) is 1. The van der Waals surface area contributed by atoms with Crippen molar-refractivity contribution in [2.45, 2.75) is 24.8 Å². The lowest BCUT2D eigenvalue weighted by Crippen LogP contribution is -2.31. The largest absolute Gasteiger partial charge is 0.324 e. The van der Waals surface area contributed by atoms with E-state index in [9.17, 15) is 4.39 Å². The van der Waals surface area contributed by atoms with Crippen molar-refractivity contribution in [3.8, 4) is 0 Å². The van der Waals surface area contributed by atoms with Gasteiger partial charge in [0.15, 0.2) is 5.82 Å². The van der Waals surface area contributed by atoms with Crippen molar-refractivity contribution in [3.05, 3.63) is 29.8 Å². The highest BCUT2D eigenvalue weighted by molar-refractivity contribution is 6.16. The third kappa shape index (κ3) is 2.23. The van der Waals surface area contributed by atoms with Crippen LogP contribution in [-0.2, 0) is 5.88 Å². The highest BCUT2D eigenvalue weighted by atomic mass is 35.5. The fraction of sp³-hybridized carbons (Fsp3) is 0.500. The summed E-state index contributed by atoms with van der Waals surface area (Å²) in [5.74, 6) is 0.826. The lowest BCUT2D eigenvalue weighted by Gasteiger charge is -2.31. The number of imidazole rings is 1. The van der Waals surface area contributed by atoms with Crippen LogP contribution >= 0.6 is 11.6 Å². The maximum absolute atomic E-state index is 13.8. The first-order chi connectivity index (χ1) is 9.20. The Morgan fingerprint density at radius 1 is 1.37 bits per heavy atom. The third-order valence-corrected chi connectivity index (χ3v) is 4.16. The lowest BCUT2D eigenvalue weighted by molar-refractivity contribution is 0.222. The van der Waals surface area contributed by atoms with Gasteiger partial charge in [-0.05, 0) is 45.1 Å². The summed E-state index contributed by atoms with van der Waals surface area (Å²) in [5, 5.41) is 0.